The first-order chi connectivity index (χ1) is 12.2. The molecule has 0 fully saturated rings. The summed E-state index contributed by atoms with van der Waals surface area (Å²) in [6, 6.07) is 11.8. The number of hydrogen-bond donors (Lipinski definition) is 0. The number of fused-ring (bicyclic) bond motifs is 5. The second kappa shape index (κ2) is 5.67. The van der Waals surface area contributed by atoms with E-state index in [1.54, 1.807) is 11.1 Å². The van der Waals surface area contributed by atoms with E-state index in [1.807, 2.05) is 17.5 Å². The van der Waals surface area contributed by atoms with Crippen molar-refractivity contribution < 1.29 is 0 Å². The Bertz CT molecular complexity index is 1160. The molecule has 2 aromatic heterocycles. The van der Waals surface area contributed by atoms with Crippen molar-refractivity contribution in [3.8, 4) is 0 Å². The van der Waals surface area contributed by atoms with Gasteiger partial charge >= 0.3 is 0 Å². The van der Waals surface area contributed by atoms with Gasteiger partial charge in [0.1, 0.15) is 0 Å². The van der Waals surface area contributed by atoms with Crippen molar-refractivity contribution in [3.05, 3.63) is 59.4 Å². The van der Waals surface area contributed by atoms with Crippen molar-refractivity contribution in [2.45, 2.75) is 39.5 Å². The molecule has 0 atom stereocenters. The number of pyridine rings is 1. The van der Waals surface area contributed by atoms with Gasteiger partial charge < -0.3 is 0 Å². The molecule has 124 valence electrons. The van der Waals surface area contributed by atoms with Crippen LogP contribution in [0.1, 0.15) is 43.5 Å². The van der Waals surface area contributed by atoms with Gasteiger partial charge in [0.15, 0.2) is 0 Å². The first kappa shape index (κ1) is 15.1. The molecule has 0 radical (unpaired) electrons. The molecular weight excluding hydrogens is 322 g/mol. The summed E-state index contributed by atoms with van der Waals surface area (Å²) in [5.41, 5.74) is 5.48. The van der Waals surface area contributed by atoms with E-state index in [-0.39, 0.29) is 0 Å². The maximum absolute atomic E-state index is 4.65. The molecule has 0 saturated carbocycles. The minimum absolute atomic E-state index is 1.11. The summed E-state index contributed by atoms with van der Waals surface area (Å²) in [5.74, 6) is 0. The quantitative estimate of drug-likeness (QED) is 0.366. The van der Waals surface area contributed by atoms with E-state index in [0.717, 1.165) is 5.69 Å². The SMILES string of the molecule is C/C=C(\C)c1nccc2cc3sc4cc5c(cc4c3cc12)CCCC5. The molecule has 2 heteroatoms. The average molecular weight is 343 g/mol. The van der Waals surface area contributed by atoms with Crippen molar-refractivity contribution >= 4 is 47.9 Å². The highest BCUT2D eigenvalue weighted by Gasteiger charge is 2.15. The number of hydrogen-bond acceptors (Lipinski definition) is 2. The van der Waals surface area contributed by atoms with Crippen molar-refractivity contribution in [3.63, 3.8) is 0 Å². The van der Waals surface area contributed by atoms with Crippen LogP contribution >= 0.6 is 11.3 Å². The Morgan fingerprint density at radius 3 is 2.48 bits per heavy atom. The molecule has 25 heavy (non-hydrogen) atoms. The van der Waals surface area contributed by atoms with Crippen molar-refractivity contribution in [1.82, 2.24) is 4.98 Å². The maximum Gasteiger partial charge on any atom is 0.0734 e. The summed E-state index contributed by atoms with van der Waals surface area (Å²) in [7, 11) is 0. The van der Waals surface area contributed by atoms with Gasteiger partial charge in [0, 0.05) is 31.8 Å². The Morgan fingerprint density at radius 2 is 1.68 bits per heavy atom. The smallest absolute Gasteiger partial charge is 0.0734 e. The average Bonchev–Trinajstić information content (AvgIpc) is 2.99. The van der Waals surface area contributed by atoms with E-state index in [0.29, 0.717) is 0 Å². The monoisotopic (exact) mass is 343 g/mol. The molecule has 0 N–H and O–H groups in total. The van der Waals surface area contributed by atoms with E-state index in [1.165, 1.54) is 62.2 Å². The van der Waals surface area contributed by atoms with Crippen molar-refractivity contribution in [2.75, 3.05) is 0 Å². The number of thiophene rings is 1. The van der Waals surface area contributed by atoms with Gasteiger partial charge in [-0.3, -0.25) is 4.98 Å². The van der Waals surface area contributed by atoms with Crippen LogP contribution in [0.2, 0.25) is 0 Å². The molecule has 0 bridgehead atoms. The molecule has 0 unspecified atom stereocenters. The Hall–Kier alpha value is -2.19. The molecule has 0 saturated heterocycles. The van der Waals surface area contributed by atoms with Gasteiger partial charge in [0.25, 0.3) is 0 Å². The van der Waals surface area contributed by atoms with Gasteiger partial charge in [-0.15, -0.1) is 11.3 Å². The molecule has 4 aromatic rings. The van der Waals surface area contributed by atoms with Gasteiger partial charge in [-0.2, -0.15) is 0 Å². The zero-order valence-electron chi connectivity index (χ0n) is 14.7. The molecule has 0 spiro atoms. The van der Waals surface area contributed by atoms with E-state index < -0.39 is 0 Å². The van der Waals surface area contributed by atoms with Gasteiger partial charge in [-0.25, -0.2) is 0 Å². The van der Waals surface area contributed by atoms with E-state index in [2.05, 4.69) is 55.2 Å². The third-order valence-corrected chi connectivity index (χ3v) is 6.74. The number of rotatable bonds is 1. The zero-order valence-corrected chi connectivity index (χ0v) is 15.5. The number of nitrogens with zero attached hydrogens (tertiary/aromatic N) is 1. The van der Waals surface area contributed by atoms with E-state index >= 15 is 0 Å². The van der Waals surface area contributed by atoms with Crippen LogP contribution in [-0.2, 0) is 12.8 Å². The van der Waals surface area contributed by atoms with Crippen molar-refractivity contribution in [1.29, 1.82) is 0 Å². The fraction of sp³-hybridized carbons (Fsp3) is 0.261. The highest BCUT2D eigenvalue weighted by atomic mass is 32.1. The molecular formula is C23H21NS. The number of benzene rings is 2. The van der Waals surface area contributed by atoms with E-state index in [4.69, 9.17) is 0 Å². The first-order valence-electron chi connectivity index (χ1n) is 9.14. The Kier molecular flexibility index (Phi) is 3.42. The molecule has 2 heterocycles. The summed E-state index contributed by atoms with van der Waals surface area (Å²) in [5, 5.41) is 5.37. The largest absolute Gasteiger partial charge is 0.256 e. The molecule has 0 amide bonds. The normalized spacial score (nSPS) is 15.2. The first-order valence-corrected chi connectivity index (χ1v) is 9.96. The maximum atomic E-state index is 4.65. The van der Waals surface area contributed by atoms with Crippen LogP contribution < -0.4 is 0 Å². The lowest BCUT2D eigenvalue weighted by atomic mass is 9.90. The van der Waals surface area contributed by atoms with Crippen LogP contribution in [0, 0.1) is 0 Å². The predicted octanol–water partition coefficient (Wildman–Crippen LogP) is 6.90. The lowest BCUT2D eigenvalue weighted by Crippen LogP contribution is -2.01. The molecule has 0 aliphatic heterocycles. The lowest BCUT2D eigenvalue weighted by Gasteiger charge is -2.15. The minimum Gasteiger partial charge on any atom is -0.256 e. The zero-order chi connectivity index (χ0) is 17.0. The van der Waals surface area contributed by atoms with Crippen LogP contribution in [0.4, 0.5) is 0 Å². The summed E-state index contributed by atoms with van der Waals surface area (Å²) in [4.78, 5) is 4.65. The highest BCUT2D eigenvalue weighted by molar-refractivity contribution is 7.25. The van der Waals surface area contributed by atoms with Crippen LogP contribution in [0.15, 0.2) is 42.6 Å². The predicted molar refractivity (Wildman–Crippen MR) is 111 cm³/mol. The van der Waals surface area contributed by atoms with Gasteiger partial charge in [0.05, 0.1) is 5.69 Å². The van der Waals surface area contributed by atoms with Crippen LogP contribution in [0.5, 0.6) is 0 Å². The summed E-state index contributed by atoms with van der Waals surface area (Å²) >= 11 is 1.93. The van der Waals surface area contributed by atoms with Crippen molar-refractivity contribution in [2.24, 2.45) is 0 Å². The Labute approximate surface area is 152 Å². The van der Waals surface area contributed by atoms with E-state index in [9.17, 15) is 0 Å². The minimum atomic E-state index is 1.11. The molecule has 1 aliphatic carbocycles. The standard InChI is InChI=1S/C23H21NS/c1-3-14(2)23-18-13-20-19-10-15-6-4-5-7-16(15)11-21(19)25-22(20)12-17(18)8-9-24-23/h3,8-13H,4-7H2,1-2H3/b14-3+. The lowest BCUT2D eigenvalue weighted by molar-refractivity contribution is 0.687. The highest BCUT2D eigenvalue weighted by Crippen LogP contribution is 2.40. The third kappa shape index (κ3) is 2.31. The summed E-state index contributed by atoms with van der Waals surface area (Å²) in [6.45, 7) is 4.23. The van der Waals surface area contributed by atoms with Crippen LogP contribution in [-0.4, -0.2) is 4.98 Å². The molecule has 1 aliphatic rings. The fourth-order valence-corrected chi connectivity index (χ4v) is 5.30. The van der Waals surface area contributed by atoms with Gasteiger partial charge in [-0.1, -0.05) is 6.08 Å². The van der Waals surface area contributed by atoms with Crippen LogP contribution in [0.3, 0.4) is 0 Å². The topological polar surface area (TPSA) is 12.9 Å². The number of aryl methyl sites for hydroxylation is 2. The number of allylic oxidation sites excluding steroid dienone is 2. The second-order valence-electron chi connectivity index (χ2n) is 7.13. The Balaban J connectivity index is 1.87. The number of aromatic nitrogens is 1. The van der Waals surface area contributed by atoms with Gasteiger partial charge in [-0.05, 0) is 91.9 Å². The van der Waals surface area contributed by atoms with Crippen LogP contribution in [0.25, 0.3) is 36.5 Å². The molecule has 2 aromatic carbocycles. The third-order valence-electron chi connectivity index (χ3n) is 5.63. The molecule has 5 rings (SSSR count). The Morgan fingerprint density at radius 1 is 0.960 bits per heavy atom. The second-order valence-corrected chi connectivity index (χ2v) is 8.21. The molecule has 1 nitrogen and oxygen atoms in total. The fourth-order valence-electron chi connectivity index (χ4n) is 4.12. The summed E-state index contributed by atoms with van der Waals surface area (Å²) < 4.78 is 2.82. The van der Waals surface area contributed by atoms with Gasteiger partial charge in [0.2, 0.25) is 0 Å². The summed E-state index contributed by atoms with van der Waals surface area (Å²) in [6.07, 6.45) is 9.23.